The third-order valence-electron chi connectivity index (χ3n) is 2.94. The lowest BCUT2D eigenvalue weighted by molar-refractivity contribution is -0.137. The van der Waals surface area contributed by atoms with Gasteiger partial charge in [0.15, 0.2) is 0 Å². The van der Waals surface area contributed by atoms with E-state index in [9.17, 15) is 9.59 Å². The first kappa shape index (κ1) is 14.0. The second-order valence-electron chi connectivity index (χ2n) is 4.58. The molecule has 1 amide bonds. The molecule has 0 bridgehead atoms. The fourth-order valence-corrected chi connectivity index (χ4v) is 1.87. The number of carboxylic acids is 1. The van der Waals surface area contributed by atoms with Crippen LogP contribution in [0.4, 0.5) is 0 Å². The molecule has 0 saturated carbocycles. The molecule has 106 valence electrons. The van der Waals surface area contributed by atoms with Crippen LogP contribution in [0.15, 0.2) is 22.8 Å². The first-order chi connectivity index (χ1) is 9.56. The predicted molar refractivity (Wildman–Crippen MR) is 69.8 cm³/mol. The highest BCUT2D eigenvalue weighted by molar-refractivity contribution is 5.77. The number of benzene rings is 1. The maximum absolute atomic E-state index is 11.8. The van der Waals surface area contributed by atoms with E-state index in [1.807, 2.05) is 12.1 Å². The van der Waals surface area contributed by atoms with Crippen LogP contribution >= 0.6 is 0 Å². The fourth-order valence-electron chi connectivity index (χ4n) is 1.87. The maximum Gasteiger partial charge on any atom is 0.303 e. The standard InChI is InChI=1S/C13H15N3O4/c1-16(12(17)3-2-4-13(18)19)8-9-5-6-10-11(7-9)15-20-14-10/h5-7H,2-4,8H2,1H3,(H,18,19). The average molecular weight is 277 g/mol. The van der Waals surface area contributed by atoms with Gasteiger partial charge in [0.1, 0.15) is 11.0 Å². The smallest absolute Gasteiger partial charge is 0.303 e. The van der Waals surface area contributed by atoms with E-state index in [0.29, 0.717) is 24.0 Å². The average Bonchev–Trinajstić information content (AvgIpc) is 2.85. The van der Waals surface area contributed by atoms with E-state index in [-0.39, 0.29) is 18.7 Å². The van der Waals surface area contributed by atoms with Gasteiger partial charge < -0.3 is 10.0 Å². The maximum atomic E-state index is 11.8. The van der Waals surface area contributed by atoms with Crippen molar-refractivity contribution in [1.82, 2.24) is 15.2 Å². The highest BCUT2D eigenvalue weighted by Crippen LogP contribution is 2.13. The van der Waals surface area contributed by atoms with E-state index < -0.39 is 5.97 Å². The van der Waals surface area contributed by atoms with Crippen molar-refractivity contribution >= 4 is 22.9 Å². The first-order valence-electron chi connectivity index (χ1n) is 6.23. The Morgan fingerprint density at radius 1 is 1.25 bits per heavy atom. The monoisotopic (exact) mass is 277 g/mol. The number of aliphatic carboxylic acids is 1. The second kappa shape index (κ2) is 6.14. The van der Waals surface area contributed by atoms with Gasteiger partial charge in [0.05, 0.1) is 0 Å². The van der Waals surface area contributed by atoms with Gasteiger partial charge in [-0.2, -0.15) is 0 Å². The van der Waals surface area contributed by atoms with Crippen LogP contribution in [0, 0.1) is 0 Å². The van der Waals surface area contributed by atoms with Gasteiger partial charge in [-0.05, 0) is 34.4 Å². The lowest BCUT2D eigenvalue weighted by atomic mass is 10.1. The number of rotatable bonds is 6. The highest BCUT2D eigenvalue weighted by atomic mass is 16.6. The van der Waals surface area contributed by atoms with Crippen LogP contribution in [0.3, 0.4) is 0 Å². The molecule has 20 heavy (non-hydrogen) atoms. The Morgan fingerprint density at radius 2 is 2.00 bits per heavy atom. The Morgan fingerprint density at radius 3 is 2.75 bits per heavy atom. The molecule has 0 saturated heterocycles. The molecule has 0 atom stereocenters. The molecule has 2 rings (SSSR count). The topological polar surface area (TPSA) is 96.5 Å². The second-order valence-corrected chi connectivity index (χ2v) is 4.58. The van der Waals surface area contributed by atoms with Gasteiger partial charge >= 0.3 is 5.97 Å². The van der Waals surface area contributed by atoms with E-state index in [4.69, 9.17) is 5.11 Å². The summed E-state index contributed by atoms with van der Waals surface area (Å²) >= 11 is 0. The van der Waals surface area contributed by atoms with Crippen LogP contribution in [-0.4, -0.2) is 39.2 Å². The van der Waals surface area contributed by atoms with Gasteiger partial charge in [-0.25, -0.2) is 4.63 Å². The summed E-state index contributed by atoms with van der Waals surface area (Å²) in [6, 6.07) is 5.45. The van der Waals surface area contributed by atoms with E-state index in [0.717, 1.165) is 5.56 Å². The summed E-state index contributed by atoms with van der Waals surface area (Å²) in [4.78, 5) is 23.8. The minimum absolute atomic E-state index is 0.0101. The molecule has 0 unspecified atom stereocenters. The summed E-state index contributed by atoms with van der Waals surface area (Å²) in [5.41, 5.74) is 2.24. The number of amides is 1. The van der Waals surface area contributed by atoms with Crippen molar-refractivity contribution in [3.8, 4) is 0 Å². The number of fused-ring (bicyclic) bond motifs is 1. The molecule has 0 fully saturated rings. The van der Waals surface area contributed by atoms with E-state index in [2.05, 4.69) is 14.9 Å². The summed E-state index contributed by atoms with van der Waals surface area (Å²) in [6.07, 6.45) is 0.595. The minimum Gasteiger partial charge on any atom is -0.481 e. The zero-order chi connectivity index (χ0) is 14.5. The molecule has 0 spiro atoms. The van der Waals surface area contributed by atoms with Crippen LogP contribution in [0.5, 0.6) is 0 Å². The number of hydrogen-bond donors (Lipinski definition) is 1. The van der Waals surface area contributed by atoms with Crippen LogP contribution in [0.1, 0.15) is 24.8 Å². The van der Waals surface area contributed by atoms with Crippen molar-refractivity contribution in [2.45, 2.75) is 25.8 Å². The Labute approximate surface area is 115 Å². The number of carboxylic acid groups (broad SMARTS) is 1. The van der Waals surface area contributed by atoms with Crippen LogP contribution < -0.4 is 0 Å². The number of carbonyl (C=O) groups is 2. The quantitative estimate of drug-likeness (QED) is 0.858. The van der Waals surface area contributed by atoms with E-state index in [1.165, 1.54) is 0 Å². The normalized spacial score (nSPS) is 10.7. The Hall–Kier alpha value is -2.44. The van der Waals surface area contributed by atoms with Gasteiger partial charge in [-0.3, -0.25) is 9.59 Å². The molecule has 2 aromatic rings. The zero-order valence-electron chi connectivity index (χ0n) is 11.1. The molecule has 0 aliphatic heterocycles. The van der Waals surface area contributed by atoms with Crippen molar-refractivity contribution < 1.29 is 19.3 Å². The number of aromatic nitrogens is 2. The third-order valence-corrected chi connectivity index (χ3v) is 2.94. The Bertz CT molecular complexity index is 623. The zero-order valence-corrected chi connectivity index (χ0v) is 11.1. The van der Waals surface area contributed by atoms with Crippen molar-refractivity contribution in [2.75, 3.05) is 7.05 Å². The molecule has 0 radical (unpaired) electrons. The molecule has 1 N–H and O–H groups in total. The molecule has 7 nitrogen and oxygen atoms in total. The van der Waals surface area contributed by atoms with E-state index in [1.54, 1.807) is 18.0 Å². The summed E-state index contributed by atoms with van der Waals surface area (Å²) in [7, 11) is 1.69. The third kappa shape index (κ3) is 3.53. The van der Waals surface area contributed by atoms with Gasteiger partial charge in [0.25, 0.3) is 0 Å². The summed E-state index contributed by atoms with van der Waals surface area (Å²) in [6.45, 7) is 0.439. The molecular formula is C13H15N3O4. The molecule has 0 aliphatic rings. The SMILES string of the molecule is CN(Cc1ccc2nonc2c1)C(=O)CCCC(=O)O. The fraction of sp³-hybridized carbons (Fsp3) is 0.385. The molecule has 1 aromatic heterocycles. The minimum atomic E-state index is -0.885. The molecule has 0 aliphatic carbocycles. The Kier molecular flexibility index (Phi) is 4.29. The van der Waals surface area contributed by atoms with Gasteiger partial charge in [0.2, 0.25) is 5.91 Å². The predicted octanol–water partition coefficient (Wildman–Crippen LogP) is 1.44. The Balaban J connectivity index is 1.91. The molecule has 1 aromatic carbocycles. The van der Waals surface area contributed by atoms with Crippen LogP contribution in [0.25, 0.3) is 11.0 Å². The van der Waals surface area contributed by atoms with Gasteiger partial charge in [-0.1, -0.05) is 6.07 Å². The van der Waals surface area contributed by atoms with Gasteiger partial charge in [0, 0.05) is 26.4 Å². The highest BCUT2D eigenvalue weighted by Gasteiger charge is 2.11. The summed E-state index contributed by atoms with van der Waals surface area (Å²) in [5, 5.41) is 16.0. The molecule has 1 heterocycles. The number of hydrogen-bond acceptors (Lipinski definition) is 5. The largest absolute Gasteiger partial charge is 0.481 e. The van der Waals surface area contributed by atoms with Crippen molar-refractivity contribution in [3.05, 3.63) is 23.8 Å². The lowest BCUT2D eigenvalue weighted by Gasteiger charge is -2.17. The van der Waals surface area contributed by atoms with Crippen molar-refractivity contribution in [2.24, 2.45) is 0 Å². The van der Waals surface area contributed by atoms with Crippen molar-refractivity contribution in [1.29, 1.82) is 0 Å². The molecule has 7 heteroatoms. The summed E-state index contributed by atoms with van der Waals surface area (Å²) in [5.74, 6) is -0.964. The van der Waals surface area contributed by atoms with Gasteiger partial charge in [-0.15, -0.1) is 0 Å². The van der Waals surface area contributed by atoms with Crippen LogP contribution in [-0.2, 0) is 16.1 Å². The van der Waals surface area contributed by atoms with Crippen molar-refractivity contribution in [3.63, 3.8) is 0 Å². The molecular weight excluding hydrogens is 262 g/mol. The van der Waals surface area contributed by atoms with E-state index >= 15 is 0 Å². The van der Waals surface area contributed by atoms with Crippen LogP contribution in [0.2, 0.25) is 0 Å². The summed E-state index contributed by atoms with van der Waals surface area (Å²) < 4.78 is 4.61. The lowest BCUT2D eigenvalue weighted by Crippen LogP contribution is -2.26. The number of nitrogens with zero attached hydrogens (tertiary/aromatic N) is 3. The number of carbonyl (C=O) groups excluding carboxylic acids is 1. The first-order valence-corrected chi connectivity index (χ1v) is 6.23.